The van der Waals surface area contributed by atoms with E-state index in [0.717, 1.165) is 36.4 Å². The maximum absolute atomic E-state index is 13.4. The van der Waals surface area contributed by atoms with Crippen molar-refractivity contribution in [2.24, 2.45) is 0 Å². The lowest BCUT2D eigenvalue weighted by atomic mass is 10.2. The highest BCUT2D eigenvalue weighted by Crippen LogP contribution is 2.19. The molecule has 0 aromatic heterocycles. The van der Waals surface area contributed by atoms with E-state index in [1.165, 1.54) is 0 Å². The predicted octanol–water partition coefficient (Wildman–Crippen LogP) is 2.16. The molecular weight excluding hydrogens is 305 g/mol. The smallest absolute Gasteiger partial charge is 0.242 e. The topological polar surface area (TPSA) is 72.2 Å². The minimum absolute atomic E-state index is 0.153. The highest BCUT2D eigenvalue weighted by molar-refractivity contribution is 7.89. The van der Waals surface area contributed by atoms with Crippen LogP contribution in [0.2, 0.25) is 0 Å². The number of hydrogen-bond donors (Lipinski definition) is 2. The molecular formula is C13H11F3N2O2S. The normalized spacial score (nSPS) is 11.6. The first-order valence-electron chi connectivity index (χ1n) is 5.78. The fourth-order valence-corrected chi connectivity index (χ4v) is 2.81. The van der Waals surface area contributed by atoms with Gasteiger partial charge in [-0.05, 0) is 36.4 Å². The van der Waals surface area contributed by atoms with Crippen LogP contribution in [0.3, 0.4) is 0 Å². The Morgan fingerprint density at radius 3 is 2.29 bits per heavy atom. The van der Waals surface area contributed by atoms with Crippen LogP contribution < -0.4 is 10.5 Å². The molecule has 0 fully saturated rings. The molecule has 21 heavy (non-hydrogen) atoms. The SMILES string of the molecule is Nc1cc(F)ccc1S(=O)(=O)NCc1cc(F)ccc1F. The summed E-state index contributed by atoms with van der Waals surface area (Å²) < 4.78 is 65.4. The number of nitrogens with two attached hydrogens (primary N) is 1. The number of anilines is 1. The maximum atomic E-state index is 13.4. The second-order valence-corrected chi connectivity index (χ2v) is 5.98. The highest BCUT2D eigenvalue weighted by atomic mass is 32.2. The van der Waals surface area contributed by atoms with Crippen LogP contribution in [0, 0.1) is 17.5 Å². The third kappa shape index (κ3) is 3.53. The Morgan fingerprint density at radius 2 is 1.62 bits per heavy atom. The molecule has 0 radical (unpaired) electrons. The van der Waals surface area contributed by atoms with Gasteiger partial charge in [-0.1, -0.05) is 0 Å². The number of halogens is 3. The van der Waals surface area contributed by atoms with Crippen molar-refractivity contribution >= 4 is 15.7 Å². The van der Waals surface area contributed by atoms with Gasteiger partial charge in [0.15, 0.2) is 0 Å². The molecule has 112 valence electrons. The van der Waals surface area contributed by atoms with Gasteiger partial charge in [0.05, 0.1) is 5.69 Å². The van der Waals surface area contributed by atoms with E-state index in [1.54, 1.807) is 0 Å². The zero-order valence-corrected chi connectivity index (χ0v) is 11.4. The van der Waals surface area contributed by atoms with Gasteiger partial charge in [-0.2, -0.15) is 0 Å². The van der Waals surface area contributed by atoms with E-state index in [9.17, 15) is 21.6 Å². The summed E-state index contributed by atoms with van der Waals surface area (Å²) in [6, 6.07) is 5.49. The van der Waals surface area contributed by atoms with Gasteiger partial charge in [0.2, 0.25) is 10.0 Å². The highest BCUT2D eigenvalue weighted by Gasteiger charge is 2.18. The summed E-state index contributed by atoms with van der Waals surface area (Å²) >= 11 is 0. The van der Waals surface area contributed by atoms with Crippen molar-refractivity contribution in [3.05, 3.63) is 59.4 Å². The standard InChI is InChI=1S/C13H11F3N2O2S/c14-9-1-3-11(16)8(5-9)7-18-21(19,20)13-4-2-10(15)6-12(13)17/h1-6,18H,7,17H2. The lowest BCUT2D eigenvalue weighted by Crippen LogP contribution is -2.24. The molecule has 2 aromatic carbocycles. The van der Waals surface area contributed by atoms with Gasteiger partial charge in [0.1, 0.15) is 22.3 Å². The van der Waals surface area contributed by atoms with E-state index in [1.807, 2.05) is 0 Å². The van der Waals surface area contributed by atoms with Crippen LogP contribution in [-0.2, 0) is 16.6 Å². The number of nitrogens with one attached hydrogen (secondary N) is 1. The lowest BCUT2D eigenvalue weighted by Gasteiger charge is -2.09. The van der Waals surface area contributed by atoms with Gasteiger partial charge in [-0.15, -0.1) is 0 Å². The molecule has 0 aliphatic heterocycles. The van der Waals surface area contributed by atoms with Crippen LogP contribution in [0.25, 0.3) is 0 Å². The second kappa shape index (κ2) is 5.74. The van der Waals surface area contributed by atoms with Gasteiger partial charge in [-0.25, -0.2) is 26.3 Å². The third-order valence-electron chi connectivity index (χ3n) is 2.72. The van der Waals surface area contributed by atoms with Gasteiger partial charge >= 0.3 is 0 Å². The number of benzene rings is 2. The van der Waals surface area contributed by atoms with Crippen molar-refractivity contribution in [1.29, 1.82) is 0 Å². The van der Waals surface area contributed by atoms with Gasteiger partial charge in [0.25, 0.3) is 0 Å². The largest absolute Gasteiger partial charge is 0.398 e. The Hall–Kier alpha value is -2.06. The van der Waals surface area contributed by atoms with Crippen molar-refractivity contribution < 1.29 is 21.6 Å². The van der Waals surface area contributed by atoms with Crippen molar-refractivity contribution in [2.45, 2.75) is 11.4 Å². The molecule has 0 aliphatic carbocycles. The lowest BCUT2D eigenvalue weighted by molar-refractivity contribution is 0.567. The maximum Gasteiger partial charge on any atom is 0.242 e. The van der Waals surface area contributed by atoms with Crippen LogP contribution in [0.5, 0.6) is 0 Å². The Kier molecular flexibility index (Phi) is 4.19. The average molecular weight is 316 g/mol. The first kappa shape index (κ1) is 15.3. The Bertz CT molecular complexity index is 779. The van der Waals surface area contributed by atoms with Crippen molar-refractivity contribution in [1.82, 2.24) is 4.72 Å². The third-order valence-corrected chi connectivity index (χ3v) is 4.20. The van der Waals surface area contributed by atoms with Gasteiger partial charge in [-0.3, -0.25) is 0 Å². The molecule has 0 saturated heterocycles. The quantitative estimate of drug-likeness (QED) is 0.849. The van der Waals surface area contributed by atoms with Crippen LogP contribution in [0.15, 0.2) is 41.3 Å². The summed E-state index contributed by atoms with van der Waals surface area (Å²) in [5.74, 6) is -2.11. The van der Waals surface area contributed by atoms with Crippen LogP contribution in [0.4, 0.5) is 18.9 Å². The van der Waals surface area contributed by atoms with Crippen molar-refractivity contribution in [3.63, 3.8) is 0 Å². The molecule has 0 amide bonds. The second-order valence-electron chi connectivity index (χ2n) is 4.24. The Labute approximate surface area is 119 Å². The van der Waals surface area contributed by atoms with Crippen molar-refractivity contribution in [2.75, 3.05) is 5.73 Å². The van der Waals surface area contributed by atoms with E-state index in [4.69, 9.17) is 5.73 Å². The van der Waals surface area contributed by atoms with E-state index in [-0.39, 0.29) is 16.1 Å². The van der Waals surface area contributed by atoms with E-state index >= 15 is 0 Å². The van der Waals surface area contributed by atoms with E-state index in [0.29, 0.717) is 0 Å². The molecule has 0 aliphatic rings. The molecule has 4 nitrogen and oxygen atoms in total. The van der Waals surface area contributed by atoms with Gasteiger partial charge in [0, 0.05) is 12.1 Å². The summed E-state index contributed by atoms with van der Waals surface area (Å²) in [6.07, 6.45) is 0. The van der Waals surface area contributed by atoms with Crippen LogP contribution in [0.1, 0.15) is 5.56 Å². The number of rotatable bonds is 4. The molecule has 0 atom stereocenters. The minimum Gasteiger partial charge on any atom is -0.398 e. The fourth-order valence-electron chi connectivity index (χ4n) is 1.69. The van der Waals surface area contributed by atoms with Crippen molar-refractivity contribution in [3.8, 4) is 0 Å². The monoisotopic (exact) mass is 316 g/mol. The molecule has 8 heteroatoms. The molecule has 2 aromatic rings. The summed E-state index contributed by atoms with van der Waals surface area (Å²) in [5.41, 5.74) is 5.01. The van der Waals surface area contributed by atoms with Crippen LogP contribution in [-0.4, -0.2) is 8.42 Å². The number of hydrogen-bond acceptors (Lipinski definition) is 3. The molecule has 0 saturated carbocycles. The summed E-state index contributed by atoms with van der Waals surface area (Å²) in [4.78, 5) is -0.333. The fraction of sp³-hybridized carbons (Fsp3) is 0.0769. The van der Waals surface area contributed by atoms with Crippen LogP contribution >= 0.6 is 0 Å². The first-order chi connectivity index (χ1) is 9.79. The molecule has 0 bridgehead atoms. The number of nitrogen functional groups attached to an aromatic ring is 1. The Morgan fingerprint density at radius 1 is 1.00 bits per heavy atom. The molecule has 2 rings (SSSR count). The summed E-state index contributed by atoms with van der Waals surface area (Å²) in [6.45, 7) is -0.456. The minimum atomic E-state index is -4.07. The number of sulfonamides is 1. The molecule has 3 N–H and O–H groups in total. The predicted molar refractivity (Wildman–Crippen MR) is 71.2 cm³/mol. The summed E-state index contributed by atoms with van der Waals surface area (Å²) in [7, 11) is -4.07. The van der Waals surface area contributed by atoms with Gasteiger partial charge < -0.3 is 5.73 Å². The first-order valence-corrected chi connectivity index (χ1v) is 7.26. The molecule has 0 spiro atoms. The zero-order valence-electron chi connectivity index (χ0n) is 10.6. The van der Waals surface area contributed by atoms with E-state index in [2.05, 4.69) is 4.72 Å². The molecule has 0 unspecified atom stereocenters. The zero-order chi connectivity index (χ0) is 15.6. The van der Waals surface area contributed by atoms with E-state index < -0.39 is 34.0 Å². The molecule has 0 heterocycles. The average Bonchev–Trinajstić information content (AvgIpc) is 2.39. The summed E-state index contributed by atoms with van der Waals surface area (Å²) in [5, 5.41) is 0. The Balaban J connectivity index is 2.24.